The lowest BCUT2D eigenvalue weighted by molar-refractivity contribution is -0.122. The summed E-state index contributed by atoms with van der Waals surface area (Å²) >= 11 is 13.2. The number of rotatable bonds is 10. The van der Waals surface area contributed by atoms with E-state index in [0.29, 0.717) is 33.8 Å². The van der Waals surface area contributed by atoms with Crippen LogP contribution in [0.3, 0.4) is 0 Å². The van der Waals surface area contributed by atoms with Gasteiger partial charge in [-0.25, -0.2) is 4.68 Å². The molecule has 0 spiro atoms. The minimum absolute atomic E-state index is 0.102. The second kappa shape index (κ2) is 13.5. The van der Waals surface area contributed by atoms with Gasteiger partial charge in [0, 0.05) is 34.5 Å². The summed E-state index contributed by atoms with van der Waals surface area (Å²) in [6, 6.07) is 33.1. The molecular weight excluding hydrogens is 610 g/mol. The summed E-state index contributed by atoms with van der Waals surface area (Å²) in [5.74, 6) is 1.42. The summed E-state index contributed by atoms with van der Waals surface area (Å²) in [6.07, 6.45) is 4.51. The Hall–Kier alpha value is -4.37. The Labute approximate surface area is 270 Å². The van der Waals surface area contributed by atoms with E-state index in [-0.39, 0.29) is 5.91 Å². The molecule has 0 aliphatic carbocycles. The number of carbonyl (C=O) groups excluding carboxylic acids is 1. The molecule has 220 valence electrons. The Bertz CT molecular complexity index is 1820. The van der Waals surface area contributed by atoms with E-state index in [1.807, 2.05) is 120 Å². The number of carbonyl (C=O) groups is 1. The monoisotopic (exact) mass is 637 g/mol. The molecule has 0 bridgehead atoms. The van der Waals surface area contributed by atoms with Crippen LogP contribution in [0, 0.1) is 0 Å². The first-order valence-corrected chi connectivity index (χ1v) is 15.6. The highest BCUT2D eigenvalue weighted by Crippen LogP contribution is 2.35. The highest BCUT2D eigenvalue weighted by atomic mass is 35.5. The second-order valence-electron chi connectivity index (χ2n) is 10.0. The third-order valence-electron chi connectivity index (χ3n) is 7.19. The first-order valence-electron chi connectivity index (χ1n) is 14.0. The average Bonchev–Trinajstić information content (AvgIpc) is 3.60. The van der Waals surface area contributed by atoms with E-state index in [1.165, 1.54) is 11.8 Å². The standard InChI is InChI=1S/C35H28ClN3O3S2/c1-41-29-15-11-24(12-16-29)19-20-38-34(40)32(44-35(38)43)21-27-22-39(28-8-3-2-4-9-28)37-33(27)25-13-17-30(18-14-25)42-23-26-7-5-6-10-31(26)36/h2-18,21-22H,19-20,23H2,1H3. The number of methoxy groups -OCH3 is 1. The van der Waals surface area contributed by atoms with Crippen molar-refractivity contribution in [2.24, 2.45) is 0 Å². The number of thiocarbonyl (C=S) groups is 1. The van der Waals surface area contributed by atoms with Gasteiger partial charge in [-0.3, -0.25) is 9.69 Å². The van der Waals surface area contributed by atoms with E-state index in [2.05, 4.69) is 0 Å². The normalized spacial score (nSPS) is 14.0. The molecule has 6 rings (SSSR count). The molecule has 0 radical (unpaired) electrons. The van der Waals surface area contributed by atoms with Gasteiger partial charge in [0.15, 0.2) is 0 Å². The number of halogens is 1. The van der Waals surface area contributed by atoms with Crippen molar-refractivity contribution in [1.82, 2.24) is 14.7 Å². The second-order valence-corrected chi connectivity index (χ2v) is 12.1. The number of ether oxygens (including phenoxy) is 2. The third kappa shape index (κ3) is 6.73. The van der Waals surface area contributed by atoms with Crippen molar-refractivity contribution >= 4 is 51.9 Å². The maximum Gasteiger partial charge on any atom is 0.266 e. The van der Waals surface area contributed by atoms with Crippen molar-refractivity contribution in [3.05, 3.63) is 136 Å². The van der Waals surface area contributed by atoms with E-state index >= 15 is 0 Å². The molecular formula is C35H28ClN3O3S2. The molecule has 1 fully saturated rings. The fourth-order valence-corrected chi connectivity index (χ4v) is 6.27. The van der Waals surface area contributed by atoms with Crippen LogP contribution < -0.4 is 9.47 Å². The average molecular weight is 638 g/mol. The number of amides is 1. The van der Waals surface area contributed by atoms with Crippen LogP contribution in [0.4, 0.5) is 0 Å². The van der Waals surface area contributed by atoms with Gasteiger partial charge < -0.3 is 9.47 Å². The van der Waals surface area contributed by atoms with Crippen molar-refractivity contribution in [3.8, 4) is 28.4 Å². The molecule has 1 aliphatic rings. The first-order chi connectivity index (χ1) is 21.5. The zero-order valence-electron chi connectivity index (χ0n) is 23.9. The fourth-order valence-electron chi connectivity index (χ4n) is 4.78. The van der Waals surface area contributed by atoms with E-state index < -0.39 is 0 Å². The maximum absolute atomic E-state index is 13.5. The minimum Gasteiger partial charge on any atom is -0.497 e. The molecule has 9 heteroatoms. The van der Waals surface area contributed by atoms with Gasteiger partial charge in [0.1, 0.15) is 22.4 Å². The zero-order valence-corrected chi connectivity index (χ0v) is 26.2. The molecule has 1 aromatic heterocycles. The van der Waals surface area contributed by atoms with Gasteiger partial charge >= 0.3 is 0 Å². The summed E-state index contributed by atoms with van der Waals surface area (Å²) in [4.78, 5) is 15.7. The number of hydrogen-bond acceptors (Lipinski definition) is 6. The fraction of sp³-hybridized carbons (Fsp3) is 0.114. The summed E-state index contributed by atoms with van der Waals surface area (Å²) < 4.78 is 13.6. The zero-order chi connectivity index (χ0) is 30.5. The predicted octanol–water partition coefficient (Wildman–Crippen LogP) is 8.22. The highest BCUT2D eigenvalue weighted by Gasteiger charge is 2.32. The third-order valence-corrected chi connectivity index (χ3v) is 8.93. The predicted molar refractivity (Wildman–Crippen MR) is 181 cm³/mol. The number of aromatic nitrogens is 2. The van der Waals surface area contributed by atoms with Crippen LogP contribution >= 0.6 is 35.6 Å². The van der Waals surface area contributed by atoms with Crippen molar-refractivity contribution in [2.75, 3.05) is 13.7 Å². The van der Waals surface area contributed by atoms with Crippen LogP contribution in [0.1, 0.15) is 16.7 Å². The molecule has 0 atom stereocenters. The van der Waals surface area contributed by atoms with Crippen molar-refractivity contribution in [2.45, 2.75) is 13.0 Å². The van der Waals surface area contributed by atoms with Crippen LogP contribution in [0.2, 0.25) is 5.02 Å². The molecule has 6 nitrogen and oxygen atoms in total. The molecule has 2 heterocycles. The van der Waals surface area contributed by atoms with Gasteiger partial charge in [-0.05, 0) is 72.7 Å². The smallest absolute Gasteiger partial charge is 0.266 e. The van der Waals surface area contributed by atoms with Crippen LogP contribution in [0.25, 0.3) is 23.0 Å². The quantitative estimate of drug-likeness (QED) is 0.114. The van der Waals surface area contributed by atoms with Crippen molar-refractivity contribution in [3.63, 3.8) is 0 Å². The molecule has 0 N–H and O–H groups in total. The number of para-hydroxylation sites is 1. The number of hydrogen-bond donors (Lipinski definition) is 0. The number of nitrogens with zero attached hydrogens (tertiary/aromatic N) is 3. The van der Waals surface area contributed by atoms with Crippen LogP contribution in [0.15, 0.2) is 114 Å². The van der Waals surface area contributed by atoms with Gasteiger partial charge in [-0.2, -0.15) is 5.10 Å². The van der Waals surface area contributed by atoms with Gasteiger partial charge in [0.05, 0.1) is 23.4 Å². The van der Waals surface area contributed by atoms with Gasteiger partial charge in [0.25, 0.3) is 5.91 Å². The lowest BCUT2D eigenvalue weighted by atomic mass is 10.1. The van der Waals surface area contributed by atoms with Crippen LogP contribution in [0.5, 0.6) is 11.5 Å². The molecule has 0 saturated carbocycles. The lowest BCUT2D eigenvalue weighted by Crippen LogP contribution is -2.30. The number of thioether (sulfide) groups is 1. The van der Waals surface area contributed by atoms with Crippen LogP contribution in [-0.2, 0) is 17.8 Å². The maximum atomic E-state index is 13.5. The Balaban J connectivity index is 1.24. The molecule has 1 amide bonds. The summed E-state index contributed by atoms with van der Waals surface area (Å²) in [5, 5.41) is 5.59. The van der Waals surface area contributed by atoms with Gasteiger partial charge in [-0.1, -0.05) is 84.1 Å². The van der Waals surface area contributed by atoms with Gasteiger partial charge in [0.2, 0.25) is 0 Å². The van der Waals surface area contributed by atoms with Crippen molar-refractivity contribution < 1.29 is 14.3 Å². The van der Waals surface area contributed by atoms with E-state index in [9.17, 15) is 4.79 Å². The van der Waals surface area contributed by atoms with E-state index in [1.54, 1.807) is 12.0 Å². The van der Waals surface area contributed by atoms with Gasteiger partial charge in [-0.15, -0.1) is 0 Å². The molecule has 4 aromatic carbocycles. The first kappa shape index (κ1) is 29.7. The Morgan fingerprint density at radius 2 is 1.61 bits per heavy atom. The Morgan fingerprint density at radius 1 is 0.909 bits per heavy atom. The molecule has 1 aliphatic heterocycles. The molecule has 0 unspecified atom stereocenters. The number of benzene rings is 4. The highest BCUT2D eigenvalue weighted by molar-refractivity contribution is 8.26. The molecule has 5 aromatic rings. The summed E-state index contributed by atoms with van der Waals surface area (Å²) in [6.45, 7) is 0.868. The summed E-state index contributed by atoms with van der Waals surface area (Å²) in [5.41, 5.74) is 5.40. The van der Waals surface area contributed by atoms with E-state index in [4.69, 9.17) is 38.4 Å². The minimum atomic E-state index is -0.102. The lowest BCUT2D eigenvalue weighted by Gasteiger charge is -2.14. The molecule has 44 heavy (non-hydrogen) atoms. The largest absolute Gasteiger partial charge is 0.497 e. The topological polar surface area (TPSA) is 56.6 Å². The van der Waals surface area contributed by atoms with E-state index in [0.717, 1.165) is 45.1 Å². The van der Waals surface area contributed by atoms with Crippen molar-refractivity contribution in [1.29, 1.82) is 0 Å². The van der Waals surface area contributed by atoms with Crippen LogP contribution in [-0.4, -0.2) is 38.6 Å². The molecule has 1 saturated heterocycles. The SMILES string of the molecule is COc1ccc(CCN2C(=O)C(=Cc3cn(-c4ccccc4)nc3-c3ccc(OCc4ccccc4Cl)cc3)SC2=S)cc1. The summed E-state index contributed by atoms with van der Waals surface area (Å²) in [7, 11) is 1.64. The Morgan fingerprint density at radius 3 is 2.34 bits per heavy atom. The Kier molecular flexibility index (Phi) is 9.12.